The van der Waals surface area contributed by atoms with Crippen molar-refractivity contribution in [2.24, 2.45) is 17.8 Å². The Bertz CT molecular complexity index is 1120. The van der Waals surface area contributed by atoms with E-state index in [9.17, 15) is 22.2 Å². The Morgan fingerprint density at radius 3 is 2.49 bits per heavy atom. The predicted molar refractivity (Wildman–Crippen MR) is 136 cm³/mol. The molecule has 1 aliphatic heterocycles. The molecule has 1 fully saturated rings. The number of carbonyl (C=O) groups is 1. The fourth-order valence-corrected chi connectivity index (χ4v) is 6.26. The molecule has 1 N–H and O–H groups in total. The summed E-state index contributed by atoms with van der Waals surface area (Å²) in [4.78, 5) is 24.8. The maximum absolute atomic E-state index is 13.1. The summed E-state index contributed by atoms with van der Waals surface area (Å²) in [6, 6.07) is 5.50. The van der Waals surface area contributed by atoms with Crippen LogP contribution in [0.2, 0.25) is 0 Å². The number of halogens is 3. The topological polar surface area (TPSA) is 75.2 Å². The third-order valence-electron chi connectivity index (χ3n) is 7.50. The Labute approximate surface area is 218 Å². The lowest BCUT2D eigenvalue weighted by Crippen LogP contribution is -2.35. The van der Waals surface area contributed by atoms with Crippen LogP contribution in [0.25, 0.3) is 0 Å². The molecular formula is C27H35F3N4O2S. The number of amides is 1. The van der Waals surface area contributed by atoms with Crippen LogP contribution in [0.5, 0.6) is 0 Å². The highest BCUT2D eigenvalue weighted by atomic mass is 32.2. The minimum atomic E-state index is -4.09. The molecule has 2 aromatic rings. The Hall–Kier alpha value is -2.33. The number of rotatable bonds is 8. The Morgan fingerprint density at radius 1 is 1.16 bits per heavy atom. The number of fused-ring (bicyclic) bond motifs is 1. The van der Waals surface area contributed by atoms with Gasteiger partial charge in [0.25, 0.3) is 5.91 Å². The molecule has 0 radical (unpaired) electrons. The second-order valence-corrected chi connectivity index (χ2v) is 12.2. The molecule has 1 amide bonds. The fourth-order valence-electron chi connectivity index (χ4n) is 5.54. The maximum Gasteiger partial charge on any atom is 0.391 e. The predicted octanol–water partition coefficient (Wildman–Crippen LogP) is 5.42. The molecule has 0 saturated heterocycles. The zero-order chi connectivity index (χ0) is 26.7. The highest BCUT2D eigenvalue weighted by Gasteiger charge is 2.42. The van der Waals surface area contributed by atoms with E-state index in [4.69, 9.17) is 0 Å². The third kappa shape index (κ3) is 6.57. The molecular weight excluding hydrogens is 501 g/mol. The highest BCUT2D eigenvalue weighted by Crippen LogP contribution is 2.43. The van der Waals surface area contributed by atoms with Crippen LogP contribution in [0.3, 0.4) is 0 Å². The average molecular weight is 537 g/mol. The summed E-state index contributed by atoms with van der Waals surface area (Å²) in [6.45, 7) is 7.74. The van der Waals surface area contributed by atoms with Crippen LogP contribution in [0.15, 0.2) is 35.5 Å². The zero-order valence-corrected chi connectivity index (χ0v) is 22.4. The molecule has 202 valence electrons. The molecule has 3 heterocycles. The number of aromatic nitrogens is 2. The quantitative estimate of drug-likeness (QED) is 0.488. The molecule has 6 nitrogen and oxygen atoms in total. The summed E-state index contributed by atoms with van der Waals surface area (Å²) in [5.74, 6) is -0.362. The number of pyridine rings is 2. The van der Waals surface area contributed by atoms with Crippen LogP contribution >= 0.6 is 0 Å². The van der Waals surface area contributed by atoms with E-state index < -0.39 is 22.9 Å². The molecule has 37 heavy (non-hydrogen) atoms. The van der Waals surface area contributed by atoms with Crippen molar-refractivity contribution < 1.29 is 22.2 Å². The van der Waals surface area contributed by atoms with E-state index in [0.29, 0.717) is 41.3 Å². The van der Waals surface area contributed by atoms with Gasteiger partial charge in [0, 0.05) is 31.2 Å². The van der Waals surface area contributed by atoms with Gasteiger partial charge in [-0.2, -0.15) is 13.2 Å². The van der Waals surface area contributed by atoms with Crippen LogP contribution in [0.4, 0.5) is 13.2 Å². The maximum atomic E-state index is 13.1. The third-order valence-corrected chi connectivity index (χ3v) is 8.79. The molecule has 1 aliphatic carbocycles. The van der Waals surface area contributed by atoms with Gasteiger partial charge < -0.3 is 5.32 Å². The first-order chi connectivity index (χ1) is 17.6. The molecule has 0 bridgehead atoms. The largest absolute Gasteiger partial charge is 0.391 e. The fraction of sp³-hybridized carbons (Fsp3) is 0.593. The standard InChI is InChI=1S/C27H35F3N4O2S/c1-4-37(36)23-10-9-22(31-14-23)13-33-26(35)19-11-20-16-34(25(17(2)3)24(20)32-12-19)15-18-5-7-21(8-6-18)27(28,29)30/h9-12,14,17-18,21,25H,4-8,13,15-16H2,1-3H3,(H,33,35)/t18?,21?,25-,37?/m0/s1. The molecule has 1 unspecified atom stereocenters. The van der Waals surface area contributed by atoms with E-state index >= 15 is 0 Å². The second kappa shape index (κ2) is 11.6. The molecule has 0 spiro atoms. The summed E-state index contributed by atoms with van der Waals surface area (Å²) in [5, 5.41) is 2.87. The number of carbonyl (C=O) groups excluding carboxylic acids is 1. The van der Waals surface area contributed by atoms with E-state index in [-0.39, 0.29) is 43.2 Å². The highest BCUT2D eigenvalue weighted by molar-refractivity contribution is 7.85. The summed E-state index contributed by atoms with van der Waals surface area (Å²) in [6.07, 6.45) is 0.677. The van der Waals surface area contributed by atoms with Crippen LogP contribution in [0.1, 0.15) is 79.8 Å². The first-order valence-corrected chi connectivity index (χ1v) is 14.3. The van der Waals surface area contributed by atoms with Gasteiger partial charge in [-0.25, -0.2) is 0 Å². The van der Waals surface area contributed by atoms with Crippen LogP contribution in [0, 0.1) is 17.8 Å². The van der Waals surface area contributed by atoms with Gasteiger partial charge >= 0.3 is 6.18 Å². The zero-order valence-electron chi connectivity index (χ0n) is 21.6. The second-order valence-electron chi connectivity index (χ2n) is 10.4. The smallest absolute Gasteiger partial charge is 0.346 e. The van der Waals surface area contributed by atoms with Gasteiger partial charge in [0.1, 0.15) is 0 Å². The summed E-state index contributed by atoms with van der Waals surface area (Å²) >= 11 is 0. The van der Waals surface area contributed by atoms with Crippen molar-refractivity contribution in [1.82, 2.24) is 20.2 Å². The molecule has 2 atom stereocenters. The number of hydrogen-bond donors (Lipinski definition) is 1. The van der Waals surface area contributed by atoms with E-state index in [1.165, 1.54) is 0 Å². The van der Waals surface area contributed by atoms with Crippen LogP contribution in [-0.2, 0) is 23.9 Å². The first-order valence-electron chi connectivity index (χ1n) is 13.0. The molecule has 10 heteroatoms. The van der Waals surface area contributed by atoms with Crippen molar-refractivity contribution in [2.75, 3.05) is 12.3 Å². The Kier molecular flexibility index (Phi) is 8.68. The molecule has 4 rings (SSSR count). The van der Waals surface area contributed by atoms with E-state index in [1.54, 1.807) is 24.5 Å². The van der Waals surface area contributed by atoms with Crippen molar-refractivity contribution in [2.45, 2.75) is 76.7 Å². The summed E-state index contributed by atoms with van der Waals surface area (Å²) in [7, 11) is -1.07. The van der Waals surface area contributed by atoms with Crippen LogP contribution < -0.4 is 5.32 Å². The van der Waals surface area contributed by atoms with Gasteiger partial charge in [-0.3, -0.25) is 23.9 Å². The minimum absolute atomic E-state index is 0.0869. The summed E-state index contributed by atoms with van der Waals surface area (Å²) < 4.78 is 51.1. The van der Waals surface area contributed by atoms with E-state index in [0.717, 1.165) is 17.8 Å². The monoisotopic (exact) mass is 536 g/mol. The number of nitrogens with zero attached hydrogens (tertiary/aromatic N) is 3. The lowest BCUT2D eigenvalue weighted by molar-refractivity contribution is -0.184. The number of alkyl halides is 3. The van der Waals surface area contributed by atoms with Crippen molar-refractivity contribution in [3.05, 3.63) is 53.1 Å². The van der Waals surface area contributed by atoms with Crippen molar-refractivity contribution >= 4 is 16.7 Å². The molecule has 2 aromatic heterocycles. The van der Waals surface area contributed by atoms with Crippen molar-refractivity contribution in [1.29, 1.82) is 0 Å². The molecule has 2 aliphatic rings. The molecule has 0 aromatic carbocycles. The van der Waals surface area contributed by atoms with Gasteiger partial charge in [-0.1, -0.05) is 20.8 Å². The lowest BCUT2D eigenvalue weighted by atomic mass is 9.81. The first kappa shape index (κ1) is 27.7. The van der Waals surface area contributed by atoms with Gasteiger partial charge in [0.2, 0.25) is 0 Å². The SMILES string of the molecule is CCS(=O)c1ccc(CNC(=O)c2cnc3c(c2)CN(CC2CCC(C(F)(F)F)CC2)[C@H]3C(C)C)nc1. The van der Waals surface area contributed by atoms with Gasteiger partial charge in [0.15, 0.2) is 0 Å². The van der Waals surface area contributed by atoms with E-state index in [1.807, 2.05) is 13.0 Å². The van der Waals surface area contributed by atoms with Gasteiger partial charge in [0.05, 0.1) is 51.2 Å². The van der Waals surface area contributed by atoms with Gasteiger partial charge in [-0.05, 0) is 61.3 Å². The minimum Gasteiger partial charge on any atom is -0.346 e. The average Bonchev–Trinajstić information content (AvgIpc) is 3.24. The number of nitrogens with one attached hydrogen (secondary N) is 1. The molecule has 1 saturated carbocycles. The Morgan fingerprint density at radius 2 is 1.89 bits per heavy atom. The van der Waals surface area contributed by atoms with Crippen molar-refractivity contribution in [3.63, 3.8) is 0 Å². The van der Waals surface area contributed by atoms with Crippen LogP contribution in [-0.4, -0.2) is 43.5 Å². The normalized spacial score (nSPS) is 23.2. The number of hydrogen-bond acceptors (Lipinski definition) is 5. The Balaban J connectivity index is 1.38. The van der Waals surface area contributed by atoms with Crippen molar-refractivity contribution in [3.8, 4) is 0 Å². The van der Waals surface area contributed by atoms with Gasteiger partial charge in [-0.15, -0.1) is 0 Å². The van der Waals surface area contributed by atoms with E-state index in [2.05, 4.69) is 34.0 Å². The summed E-state index contributed by atoms with van der Waals surface area (Å²) in [5.41, 5.74) is 3.10. The lowest BCUT2D eigenvalue weighted by Gasteiger charge is -2.35.